The van der Waals surface area contributed by atoms with Gasteiger partial charge in [0.1, 0.15) is 18.3 Å². The number of aromatic nitrogens is 4. The van der Waals surface area contributed by atoms with Crippen LogP contribution in [0.5, 0.6) is 0 Å². The Hall–Kier alpha value is -3.45. The predicted octanol–water partition coefficient (Wildman–Crippen LogP) is 2.69. The molecule has 2 aromatic heterocycles. The van der Waals surface area contributed by atoms with Crippen LogP contribution in [0.3, 0.4) is 0 Å². The van der Waals surface area contributed by atoms with Gasteiger partial charge < -0.3 is 19.9 Å². The van der Waals surface area contributed by atoms with Crippen LogP contribution in [0.2, 0.25) is 0 Å². The van der Waals surface area contributed by atoms with E-state index in [1.807, 2.05) is 60.7 Å². The molecule has 37 heavy (non-hydrogen) atoms. The number of nitrogens with zero attached hydrogens (tertiary/aromatic N) is 4. The number of sulfone groups is 1. The first-order chi connectivity index (χ1) is 17.8. The molecule has 12 heteroatoms. The SMILES string of the molecule is CS(=O)(=O)c1nc(N)n2cc([C@@H]3O[C@H](COCc4ccccc4)[C@@H](OCc4ccccc4)[C@H]3F)nc2n1. The molecule has 4 aromatic rings. The molecule has 0 amide bonds. The lowest BCUT2D eigenvalue weighted by Gasteiger charge is -2.20. The molecule has 10 nitrogen and oxygen atoms in total. The number of halogens is 1. The molecule has 2 aromatic carbocycles. The molecule has 194 valence electrons. The Bertz CT molecular complexity index is 1470. The maximum atomic E-state index is 15.8. The number of imidazole rings is 1. The Kier molecular flexibility index (Phi) is 7.15. The largest absolute Gasteiger partial charge is 0.374 e. The summed E-state index contributed by atoms with van der Waals surface area (Å²) in [5, 5.41) is -0.463. The Morgan fingerprint density at radius 3 is 2.30 bits per heavy atom. The first kappa shape index (κ1) is 25.2. The minimum Gasteiger partial charge on any atom is -0.374 e. The van der Waals surface area contributed by atoms with Crippen LogP contribution in [-0.4, -0.2) is 59.0 Å². The van der Waals surface area contributed by atoms with Gasteiger partial charge in [0.05, 0.1) is 25.5 Å². The summed E-state index contributed by atoms with van der Waals surface area (Å²) in [4.78, 5) is 12.1. The third-order valence-corrected chi connectivity index (χ3v) is 6.80. The van der Waals surface area contributed by atoms with Crippen molar-refractivity contribution in [3.63, 3.8) is 0 Å². The molecular formula is C25H26FN5O5S. The maximum absolute atomic E-state index is 15.8. The van der Waals surface area contributed by atoms with Gasteiger partial charge >= 0.3 is 0 Å². The number of benzene rings is 2. The Morgan fingerprint density at radius 2 is 1.65 bits per heavy atom. The van der Waals surface area contributed by atoms with Gasteiger partial charge in [-0.3, -0.25) is 4.40 Å². The number of nitrogen functional groups attached to an aromatic ring is 1. The van der Waals surface area contributed by atoms with Crippen molar-refractivity contribution in [1.82, 2.24) is 19.4 Å². The van der Waals surface area contributed by atoms with Gasteiger partial charge in [0, 0.05) is 12.5 Å². The minimum atomic E-state index is -3.72. The van der Waals surface area contributed by atoms with E-state index >= 15 is 4.39 Å². The van der Waals surface area contributed by atoms with Gasteiger partial charge in [0.25, 0.3) is 5.16 Å². The monoisotopic (exact) mass is 527 g/mol. The summed E-state index contributed by atoms with van der Waals surface area (Å²) in [5.41, 5.74) is 7.98. The van der Waals surface area contributed by atoms with Crippen LogP contribution in [0.25, 0.3) is 5.78 Å². The van der Waals surface area contributed by atoms with Gasteiger partial charge in [0.2, 0.25) is 21.6 Å². The van der Waals surface area contributed by atoms with Crippen LogP contribution in [0.4, 0.5) is 10.3 Å². The fraction of sp³-hybridized carbons (Fsp3) is 0.320. The molecule has 0 saturated carbocycles. The van der Waals surface area contributed by atoms with Crippen LogP contribution >= 0.6 is 0 Å². The predicted molar refractivity (Wildman–Crippen MR) is 132 cm³/mol. The molecule has 0 bridgehead atoms. The molecule has 0 radical (unpaired) electrons. The average molecular weight is 528 g/mol. The van der Waals surface area contributed by atoms with Crippen molar-refractivity contribution < 1.29 is 27.0 Å². The van der Waals surface area contributed by atoms with Crippen LogP contribution in [0.15, 0.2) is 72.0 Å². The van der Waals surface area contributed by atoms with E-state index in [9.17, 15) is 8.42 Å². The van der Waals surface area contributed by atoms with Crippen LogP contribution < -0.4 is 5.73 Å². The first-order valence-electron chi connectivity index (χ1n) is 11.6. The first-order valence-corrected chi connectivity index (χ1v) is 13.5. The number of ether oxygens (including phenoxy) is 3. The average Bonchev–Trinajstić information content (AvgIpc) is 3.45. The quantitative estimate of drug-likeness (QED) is 0.349. The number of fused-ring (bicyclic) bond motifs is 1. The van der Waals surface area contributed by atoms with E-state index in [-0.39, 0.29) is 30.6 Å². The van der Waals surface area contributed by atoms with E-state index < -0.39 is 39.5 Å². The zero-order valence-corrected chi connectivity index (χ0v) is 20.8. The lowest BCUT2D eigenvalue weighted by Crippen LogP contribution is -2.34. The highest BCUT2D eigenvalue weighted by Gasteiger charge is 2.48. The van der Waals surface area contributed by atoms with E-state index in [0.29, 0.717) is 6.61 Å². The van der Waals surface area contributed by atoms with Crippen LogP contribution in [0.1, 0.15) is 22.9 Å². The second-order valence-electron chi connectivity index (χ2n) is 8.77. The lowest BCUT2D eigenvalue weighted by atomic mass is 10.1. The third-order valence-electron chi connectivity index (χ3n) is 5.95. The minimum absolute atomic E-state index is 0.0238. The van der Waals surface area contributed by atoms with E-state index in [1.165, 1.54) is 10.6 Å². The highest BCUT2D eigenvalue weighted by molar-refractivity contribution is 7.90. The second-order valence-corrected chi connectivity index (χ2v) is 10.7. The fourth-order valence-corrected chi connectivity index (χ4v) is 4.63. The van der Waals surface area contributed by atoms with Crippen molar-refractivity contribution in [2.24, 2.45) is 0 Å². The molecule has 0 spiro atoms. The van der Waals surface area contributed by atoms with Crippen molar-refractivity contribution in [3.8, 4) is 0 Å². The van der Waals surface area contributed by atoms with Crippen molar-refractivity contribution >= 4 is 21.6 Å². The van der Waals surface area contributed by atoms with Gasteiger partial charge in [0.15, 0.2) is 6.17 Å². The third kappa shape index (κ3) is 5.62. The molecule has 1 fully saturated rings. The summed E-state index contributed by atoms with van der Waals surface area (Å²) in [5.74, 6) is -0.165. The number of hydrogen-bond acceptors (Lipinski definition) is 9. The molecule has 0 aliphatic carbocycles. The van der Waals surface area contributed by atoms with Gasteiger partial charge in [-0.25, -0.2) is 17.8 Å². The molecule has 1 aliphatic heterocycles. The zero-order valence-electron chi connectivity index (χ0n) is 20.0. The van der Waals surface area contributed by atoms with E-state index in [0.717, 1.165) is 17.4 Å². The van der Waals surface area contributed by atoms with E-state index in [2.05, 4.69) is 15.0 Å². The van der Waals surface area contributed by atoms with Crippen molar-refractivity contribution in [1.29, 1.82) is 0 Å². The lowest BCUT2D eigenvalue weighted by molar-refractivity contribution is -0.0740. The summed E-state index contributed by atoms with van der Waals surface area (Å²) in [7, 11) is -3.72. The smallest absolute Gasteiger partial charge is 0.253 e. The summed E-state index contributed by atoms with van der Waals surface area (Å²) < 4.78 is 58.8. The normalized spacial score (nSPS) is 22.0. The summed E-state index contributed by atoms with van der Waals surface area (Å²) >= 11 is 0. The molecule has 1 saturated heterocycles. The molecular weight excluding hydrogens is 501 g/mol. The Labute approximate surface area is 213 Å². The van der Waals surface area contributed by atoms with Gasteiger partial charge in [-0.05, 0) is 11.1 Å². The standard InChI is InChI=1S/C25H26FN5O5S/c1-37(32,33)25-29-23(27)31-12-18(28-24(31)30-25)21-20(26)22(35-14-17-10-6-3-7-11-17)19(36-21)15-34-13-16-8-4-2-5-9-16/h2-12,19-22H,13-15H2,1H3,(H2,27,28,29,30)/t19-,20+,21+,22-/m1/s1. The number of nitrogens with two attached hydrogens (primary N) is 1. The molecule has 1 aliphatic rings. The summed E-state index contributed by atoms with van der Waals surface area (Å²) in [6, 6.07) is 19.1. The highest BCUT2D eigenvalue weighted by Crippen LogP contribution is 2.38. The maximum Gasteiger partial charge on any atom is 0.253 e. The number of rotatable bonds is 9. The van der Waals surface area contributed by atoms with Crippen molar-refractivity contribution in [2.75, 3.05) is 18.6 Å². The van der Waals surface area contributed by atoms with Crippen LogP contribution in [0, 0.1) is 0 Å². The topological polar surface area (TPSA) is 131 Å². The highest BCUT2D eigenvalue weighted by atomic mass is 32.2. The van der Waals surface area contributed by atoms with Crippen LogP contribution in [-0.2, 0) is 37.3 Å². The number of alkyl halides is 1. The molecule has 3 heterocycles. The van der Waals surface area contributed by atoms with Gasteiger partial charge in [-0.15, -0.1) is 0 Å². The molecule has 5 rings (SSSR count). The Morgan fingerprint density at radius 1 is 1.00 bits per heavy atom. The number of hydrogen-bond donors (Lipinski definition) is 1. The van der Waals surface area contributed by atoms with E-state index in [4.69, 9.17) is 19.9 Å². The zero-order chi connectivity index (χ0) is 26.0. The Balaban J connectivity index is 1.38. The summed E-state index contributed by atoms with van der Waals surface area (Å²) in [6.07, 6.45) is -1.92. The van der Waals surface area contributed by atoms with Gasteiger partial charge in [-0.1, -0.05) is 60.7 Å². The second kappa shape index (κ2) is 10.5. The van der Waals surface area contributed by atoms with E-state index in [1.54, 1.807) is 0 Å². The molecule has 2 N–H and O–H groups in total. The summed E-state index contributed by atoms with van der Waals surface area (Å²) in [6.45, 7) is 0.625. The van der Waals surface area contributed by atoms with Crippen molar-refractivity contribution in [3.05, 3.63) is 83.7 Å². The van der Waals surface area contributed by atoms with Gasteiger partial charge in [-0.2, -0.15) is 9.97 Å². The molecule has 0 unspecified atom stereocenters. The van der Waals surface area contributed by atoms with Crippen molar-refractivity contribution in [2.45, 2.75) is 42.9 Å². The fourth-order valence-electron chi connectivity index (χ4n) is 4.12. The number of anilines is 1. The molecule has 4 atom stereocenters.